The minimum absolute atomic E-state index is 0.297. The second-order valence-electron chi connectivity index (χ2n) is 19.7. The Kier molecular flexibility index (Phi) is 7.80. The Labute approximate surface area is 390 Å². The highest BCUT2D eigenvalue weighted by Crippen LogP contribution is 2.58. The van der Waals surface area contributed by atoms with Gasteiger partial charge in [-0.2, -0.15) is 0 Å². The molecule has 0 bridgehead atoms. The zero-order valence-corrected chi connectivity index (χ0v) is 38.0. The first-order valence-corrected chi connectivity index (χ1v) is 23.6. The van der Waals surface area contributed by atoms with Gasteiger partial charge in [-0.05, 0) is 115 Å². The summed E-state index contributed by atoms with van der Waals surface area (Å²) in [5.74, 6) is 0. The van der Waals surface area contributed by atoms with Crippen LogP contribution >= 0.6 is 0 Å². The molecule has 0 N–H and O–H groups in total. The largest absolute Gasteiger partial charge is 0.310 e. The summed E-state index contributed by atoms with van der Waals surface area (Å²) in [4.78, 5) is 5.03. The highest BCUT2D eigenvalue weighted by Gasteiger charge is 2.44. The van der Waals surface area contributed by atoms with Crippen molar-refractivity contribution in [2.75, 3.05) is 9.80 Å². The number of para-hydroxylation sites is 3. The van der Waals surface area contributed by atoms with Crippen LogP contribution in [0.5, 0.6) is 0 Å². The molecule has 0 saturated carbocycles. The molecule has 1 aromatic heterocycles. The number of hydrogen-bond acceptors (Lipinski definition) is 2. The first-order valence-electron chi connectivity index (χ1n) is 23.6. The fraction of sp³-hybridized carbons (Fsp3) is 0.0938. The van der Waals surface area contributed by atoms with E-state index in [9.17, 15) is 0 Å². The second-order valence-corrected chi connectivity index (χ2v) is 19.7. The Morgan fingerprint density at radius 3 is 1.10 bits per heavy atom. The smallest absolute Gasteiger partial charge is 0.0583 e. The molecule has 0 unspecified atom stereocenters. The fourth-order valence-electron chi connectivity index (χ4n) is 12.2. The van der Waals surface area contributed by atoms with Gasteiger partial charge in [-0.25, -0.2) is 0 Å². The number of nitrogens with zero attached hydrogens (tertiary/aromatic N) is 3. The van der Waals surface area contributed by atoms with Crippen molar-refractivity contribution in [3.63, 3.8) is 0 Å². The lowest BCUT2D eigenvalue weighted by molar-refractivity contribution is 0.593. The van der Waals surface area contributed by atoms with Gasteiger partial charge in [0.25, 0.3) is 0 Å². The molecule has 2 aliphatic heterocycles. The van der Waals surface area contributed by atoms with Crippen molar-refractivity contribution >= 4 is 99.0 Å². The molecule has 0 radical (unpaired) electrons. The lowest BCUT2D eigenvalue weighted by atomic mass is 9.68. The Bertz CT molecular complexity index is 3790. The van der Waals surface area contributed by atoms with E-state index in [-0.39, 0.29) is 10.8 Å². The zero-order valence-electron chi connectivity index (χ0n) is 38.0. The summed E-state index contributed by atoms with van der Waals surface area (Å²) in [7, 11) is 0. The van der Waals surface area contributed by atoms with Crippen LogP contribution in [0.1, 0.15) is 49.9 Å². The van der Waals surface area contributed by atoms with Gasteiger partial charge in [0.05, 0.1) is 28.1 Å². The van der Waals surface area contributed by atoms with Gasteiger partial charge >= 0.3 is 0 Å². The summed E-state index contributed by atoms with van der Waals surface area (Å²) in [5.41, 5.74) is 15.6. The molecule has 3 heterocycles. The normalized spacial score (nSPS) is 14.2. The highest BCUT2D eigenvalue weighted by molar-refractivity contribution is 6.19. The maximum atomic E-state index is 2.65. The van der Waals surface area contributed by atoms with E-state index >= 15 is 0 Å². The number of anilines is 6. The van der Waals surface area contributed by atoms with Crippen molar-refractivity contribution in [3.8, 4) is 5.69 Å². The molecule has 3 nitrogen and oxygen atoms in total. The van der Waals surface area contributed by atoms with Crippen LogP contribution in [0.15, 0.2) is 212 Å². The monoisotopic (exact) mass is 857 g/mol. The lowest BCUT2D eigenvalue weighted by Crippen LogP contribution is -2.33. The molecule has 2 aliphatic rings. The Balaban J connectivity index is 1.13. The molecule has 318 valence electrons. The molecule has 67 heavy (non-hydrogen) atoms. The van der Waals surface area contributed by atoms with Crippen molar-refractivity contribution in [1.29, 1.82) is 0 Å². The first-order chi connectivity index (χ1) is 32.8. The van der Waals surface area contributed by atoms with Crippen molar-refractivity contribution < 1.29 is 0 Å². The van der Waals surface area contributed by atoms with Gasteiger partial charge in [0.15, 0.2) is 0 Å². The molecule has 0 atom stereocenters. The molecular formula is C64H47N3. The summed E-state index contributed by atoms with van der Waals surface area (Å²) < 4.78 is 2.65. The molecular weight excluding hydrogens is 811 g/mol. The Morgan fingerprint density at radius 1 is 0.299 bits per heavy atom. The maximum absolute atomic E-state index is 2.65. The number of aromatic nitrogens is 1. The molecule has 11 aromatic carbocycles. The lowest BCUT2D eigenvalue weighted by Gasteiger charge is -2.42. The van der Waals surface area contributed by atoms with Gasteiger partial charge in [0, 0.05) is 55.1 Å². The van der Waals surface area contributed by atoms with Gasteiger partial charge in [-0.15, -0.1) is 0 Å². The molecule has 0 fully saturated rings. The quantitative estimate of drug-likeness (QED) is 0.154. The van der Waals surface area contributed by atoms with E-state index in [4.69, 9.17) is 0 Å². The Morgan fingerprint density at radius 2 is 0.672 bits per heavy atom. The summed E-state index contributed by atoms with van der Waals surface area (Å²) in [6, 6.07) is 79.3. The van der Waals surface area contributed by atoms with E-state index in [2.05, 4.69) is 254 Å². The topological polar surface area (TPSA) is 11.4 Å². The molecule has 0 saturated heterocycles. The van der Waals surface area contributed by atoms with Crippen LogP contribution < -0.4 is 9.80 Å². The van der Waals surface area contributed by atoms with Crippen LogP contribution in [0.2, 0.25) is 0 Å². The van der Waals surface area contributed by atoms with Gasteiger partial charge in [0.2, 0.25) is 0 Å². The van der Waals surface area contributed by atoms with Crippen molar-refractivity contribution in [2.45, 2.75) is 38.5 Å². The molecule has 0 spiro atoms. The summed E-state index contributed by atoms with van der Waals surface area (Å²) in [6.07, 6.45) is 0. The molecule has 14 rings (SSSR count). The fourth-order valence-corrected chi connectivity index (χ4v) is 12.2. The second kappa shape index (κ2) is 13.7. The van der Waals surface area contributed by atoms with Crippen molar-refractivity contribution in [2.24, 2.45) is 0 Å². The predicted octanol–water partition coefficient (Wildman–Crippen LogP) is 17.6. The van der Waals surface area contributed by atoms with Crippen LogP contribution in [-0.2, 0) is 10.8 Å². The number of rotatable bonds is 6. The summed E-state index contributed by atoms with van der Waals surface area (Å²) >= 11 is 0. The van der Waals surface area contributed by atoms with Crippen molar-refractivity contribution in [1.82, 2.24) is 4.57 Å². The first kappa shape index (κ1) is 38.2. The third-order valence-electron chi connectivity index (χ3n) is 15.4. The van der Waals surface area contributed by atoms with E-state index in [1.165, 1.54) is 92.8 Å². The number of benzene rings is 11. The molecule has 12 aromatic rings. The van der Waals surface area contributed by atoms with Crippen LogP contribution in [0.25, 0.3) is 70.6 Å². The van der Waals surface area contributed by atoms with E-state index in [0.29, 0.717) is 0 Å². The van der Waals surface area contributed by atoms with Gasteiger partial charge in [0.1, 0.15) is 0 Å². The van der Waals surface area contributed by atoms with Crippen LogP contribution in [0.4, 0.5) is 34.1 Å². The summed E-state index contributed by atoms with van der Waals surface area (Å²) in [6.45, 7) is 9.76. The maximum Gasteiger partial charge on any atom is 0.0583 e. The Hall–Kier alpha value is -8.14. The third kappa shape index (κ3) is 5.23. The minimum Gasteiger partial charge on any atom is -0.310 e. The predicted molar refractivity (Wildman–Crippen MR) is 284 cm³/mol. The van der Waals surface area contributed by atoms with Crippen LogP contribution in [-0.4, -0.2) is 4.57 Å². The van der Waals surface area contributed by atoms with Gasteiger partial charge < -0.3 is 14.4 Å². The minimum atomic E-state index is -0.297. The van der Waals surface area contributed by atoms with Crippen LogP contribution in [0, 0.1) is 0 Å². The molecule has 0 aliphatic carbocycles. The van der Waals surface area contributed by atoms with E-state index in [0.717, 1.165) is 34.1 Å². The van der Waals surface area contributed by atoms with Gasteiger partial charge in [-0.3, -0.25) is 0 Å². The standard InChI is InChI=1S/C64H47N3/c1-63(2)54-32-19-33-55-62(54)67-60-52(36-44(38-56(60)63)65(42-22-7-5-8-23-42)58-34-40-20-11-13-26-46(40)48-28-15-17-30-50(48)58)53-37-45(39-57(61(53)67)64(55,3)4)66(43-24-9-6-10-25-43)59-35-41-21-12-14-27-47(41)49-29-16-18-31-51(49)59/h5-39H,1-4H3. The zero-order chi connectivity index (χ0) is 44.8. The van der Waals surface area contributed by atoms with Gasteiger partial charge in [-0.1, -0.05) is 179 Å². The van der Waals surface area contributed by atoms with E-state index in [1.807, 2.05) is 0 Å². The average Bonchev–Trinajstić information content (AvgIpc) is 3.70. The van der Waals surface area contributed by atoms with E-state index < -0.39 is 0 Å². The number of fused-ring (bicyclic) bond motifs is 7. The molecule has 3 heteroatoms. The highest BCUT2D eigenvalue weighted by atomic mass is 15.2. The third-order valence-corrected chi connectivity index (χ3v) is 15.4. The summed E-state index contributed by atoms with van der Waals surface area (Å²) in [5, 5.41) is 12.5. The number of hydrogen-bond donors (Lipinski definition) is 0. The van der Waals surface area contributed by atoms with Crippen molar-refractivity contribution in [3.05, 3.63) is 235 Å². The average molecular weight is 858 g/mol. The van der Waals surface area contributed by atoms with E-state index in [1.54, 1.807) is 0 Å². The molecule has 0 amide bonds. The SMILES string of the molecule is CC1(C)c2cccc3c2-n2c4c1cc(N(c1ccccc1)c1cc5ccccc5c5ccccc15)cc4c1cc(N(c4ccccc4)c4cc5ccccc5c5ccccc45)cc(c12)C3(C)C. The van der Waals surface area contributed by atoms with Crippen LogP contribution in [0.3, 0.4) is 0 Å².